The average Bonchev–Trinajstić information content (AvgIpc) is 2.49. The van der Waals surface area contributed by atoms with E-state index in [1.807, 2.05) is 6.92 Å². The summed E-state index contributed by atoms with van der Waals surface area (Å²) in [7, 11) is 0. The standard InChI is InChI=1S/C19H30O2/c1-3-5-7-10-17-13-15-18(16-14-17)11-8-6-9-12-19(20)21-4-2/h13-16H,3-12H2,1-2H3. The van der Waals surface area contributed by atoms with Crippen molar-refractivity contribution < 1.29 is 9.53 Å². The highest BCUT2D eigenvalue weighted by Crippen LogP contribution is 2.12. The van der Waals surface area contributed by atoms with Gasteiger partial charge in [0.15, 0.2) is 0 Å². The van der Waals surface area contributed by atoms with E-state index in [0.29, 0.717) is 13.0 Å². The third-order valence-corrected chi connectivity index (χ3v) is 3.74. The Morgan fingerprint density at radius 1 is 0.857 bits per heavy atom. The summed E-state index contributed by atoms with van der Waals surface area (Å²) in [5.74, 6) is -0.0612. The molecule has 0 aliphatic rings. The second kappa shape index (κ2) is 11.4. The molecule has 2 nitrogen and oxygen atoms in total. The van der Waals surface area contributed by atoms with E-state index in [1.54, 1.807) is 0 Å². The zero-order chi connectivity index (χ0) is 15.3. The van der Waals surface area contributed by atoms with Gasteiger partial charge in [-0.05, 0) is 50.2 Å². The van der Waals surface area contributed by atoms with Crippen molar-refractivity contribution in [2.24, 2.45) is 0 Å². The van der Waals surface area contributed by atoms with Gasteiger partial charge in [-0.3, -0.25) is 4.79 Å². The summed E-state index contributed by atoms with van der Waals surface area (Å²) < 4.78 is 4.92. The Balaban J connectivity index is 2.13. The largest absolute Gasteiger partial charge is 0.466 e. The van der Waals surface area contributed by atoms with E-state index in [1.165, 1.54) is 36.8 Å². The Morgan fingerprint density at radius 2 is 1.43 bits per heavy atom. The number of benzene rings is 1. The van der Waals surface area contributed by atoms with E-state index in [0.717, 1.165) is 25.7 Å². The number of hydrogen-bond acceptors (Lipinski definition) is 2. The number of hydrogen-bond donors (Lipinski definition) is 0. The number of carbonyl (C=O) groups excluding carboxylic acids is 1. The van der Waals surface area contributed by atoms with E-state index in [4.69, 9.17) is 4.74 Å². The van der Waals surface area contributed by atoms with Crippen molar-refractivity contribution in [3.8, 4) is 0 Å². The summed E-state index contributed by atoms with van der Waals surface area (Å²) in [6, 6.07) is 9.05. The molecule has 0 aliphatic heterocycles. The molecule has 2 heteroatoms. The van der Waals surface area contributed by atoms with Crippen LogP contribution in [0.4, 0.5) is 0 Å². The molecular weight excluding hydrogens is 260 g/mol. The van der Waals surface area contributed by atoms with Gasteiger partial charge in [0.2, 0.25) is 0 Å². The van der Waals surface area contributed by atoms with Crippen molar-refractivity contribution in [1.29, 1.82) is 0 Å². The fourth-order valence-corrected chi connectivity index (χ4v) is 2.46. The van der Waals surface area contributed by atoms with Gasteiger partial charge in [-0.1, -0.05) is 50.5 Å². The minimum absolute atomic E-state index is 0.0612. The number of aryl methyl sites for hydroxylation is 2. The lowest BCUT2D eigenvalue weighted by Crippen LogP contribution is -2.03. The third-order valence-electron chi connectivity index (χ3n) is 3.74. The highest BCUT2D eigenvalue weighted by molar-refractivity contribution is 5.69. The molecule has 0 N–H and O–H groups in total. The van der Waals surface area contributed by atoms with E-state index in [2.05, 4.69) is 31.2 Å². The summed E-state index contributed by atoms with van der Waals surface area (Å²) >= 11 is 0. The third kappa shape index (κ3) is 8.54. The maximum atomic E-state index is 11.2. The Hall–Kier alpha value is -1.31. The zero-order valence-electron chi connectivity index (χ0n) is 13.7. The van der Waals surface area contributed by atoms with Gasteiger partial charge in [-0.25, -0.2) is 0 Å². The molecule has 1 aromatic carbocycles. The fourth-order valence-electron chi connectivity index (χ4n) is 2.46. The molecule has 0 fully saturated rings. The topological polar surface area (TPSA) is 26.3 Å². The number of rotatable bonds is 11. The van der Waals surface area contributed by atoms with E-state index in [9.17, 15) is 4.79 Å². The van der Waals surface area contributed by atoms with Crippen LogP contribution in [-0.4, -0.2) is 12.6 Å². The molecule has 0 unspecified atom stereocenters. The molecular formula is C19H30O2. The summed E-state index contributed by atoms with van der Waals surface area (Å²) in [4.78, 5) is 11.2. The molecule has 0 spiro atoms. The van der Waals surface area contributed by atoms with Crippen molar-refractivity contribution in [2.75, 3.05) is 6.61 Å². The smallest absolute Gasteiger partial charge is 0.305 e. The Kier molecular flexibility index (Phi) is 9.60. The fraction of sp³-hybridized carbons (Fsp3) is 0.632. The van der Waals surface area contributed by atoms with Crippen LogP contribution in [0, 0.1) is 0 Å². The molecule has 0 saturated carbocycles. The predicted octanol–water partition coefficient (Wildman–Crippen LogP) is 5.09. The van der Waals surface area contributed by atoms with Crippen molar-refractivity contribution in [3.63, 3.8) is 0 Å². The van der Waals surface area contributed by atoms with Gasteiger partial charge >= 0.3 is 5.97 Å². The lowest BCUT2D eigenvalue weighted by Gasteiger charge is -2.05. The first kappa shape index (κ1) is 17.7. The monoisotopic (exact) mass is 290 g/mol. The first-order valence-electron chi connectivity index (χ1n) is 8.49. The summed E-state index contributed by atoms with van der Waals surface area (Å²) in [6.07, 6.45) is 9.95. The lowest BCUT2D eigenvalue weighted by molar-refractivity contribution is -0.143. The molecule has 0 atom stereocenters. The predicted molar refractivity (Wildman–Crippen MR) is 88.5 cm³/mol. The molecule has 0 radical (unpaired) electrons. The van der Waals surface area contributed by atoms with Gasteiger partial charge in [-0.2, -0.15) is 0 Å². The van der Waals surface area contributed by atoms with Crippen LogP contribution in [0.25, 0.3) is 0 Å². The Labute approximate surface area is 129 Å². The van der Waals surface area contributed by atoms with Gasteiger partial charge in [-0.15, -0.1) is 0 Å². The molecule has 0 amide bonds. The molecule has 0 aromatic heterocycles. The summed E-state index contributed by atoms with van der Waals surface area (Å²) in [5, 5.41) is 0. The normalized spacial score (nSPS) is 10.6. The van der Waals surface area contributed by atoms with Crippen LogP contribution in [0.2, 0.25) is 0 Å². The molecule has 1 aromatic rings. The molecule has 0 saturated heterocycles. The van der Waals surface area contributed by atoms with Crippen molar-refractivity contribution >= 4 is 5.97 Å². The highest BCUT2D eigenvalue weighted by atomic mass is 16.5. The molecule has 21 heavy (non-hydrogen) atoms. The van der Waals surface area contributed by atoms with E-state index >= 15 is 0 Å². The highest BCUT2D eigenvalue weighted by Gasteiger charge is 2.01. The van der Waals surface area contributed by atoms with Crippen molar-refractivity contribution in [2.45, 2.75) is 71.6 Å². The number of ether oxygens (including phenoxy) is 1. The first-order valence-corrected chi connectivity index (χ1v) is 8.49. The molecule has 118 valence electrons. The van der Waals surface area contributed by atoms with E-state index in [-0.39, 0.29) is 5.97 Å². The lowest BCUT2D eigenvalue weighted by atomic mass is 10.0. The SMILES string of the molecule is CCCCCc1ccc(CCCCCC(=O)OCC)cc1. The van der Waals surface area contributed by atoms with E-state index < -0.39 is 0 Å². The van der Waals surface area contributed by atoms with Gasteiger partial charge in [0, 0.05) is 6.42 Å². The van der Waals surface area contributed by atoms with Gasteiger partial charge in [0.1, 0.15) is 0 Å². The molecule has 0 heterocycles. The Morgan fingerprint density at radius 3 is 1.95 bits per heavy atom. The van der Waals surface area contributed by atoms with Crippen molar-refractivity contribution in [1.82, 2.24) is 0 Å². The minimum Gasteiger partial charge on any atom is -0.466 e. The number of esters is 1. The maximum absolute atomic E-state index is 11.2. The number of unbranched alkanes of at least 4 members (excludes halogenated alkanes) is 4. The summed E-state index contributed by atoms with van der Waals surface area (Å²) in [6.45, 7) is 4.58. The molecule has 1 rings (SSSR count). The first-order chi connectivity index (χ1) is 10.3. The molecule has 0 bridgehead atoms. The summed E-state index contributed by atoms with van der Waals surface area (Å²) in [5.41, 5.74) is 2.86. The quantitative estimate of drug-likeness (QED) is 0.419. The van der Waals surface area contributed by atoms with Crippen LogP contribution in [0.5, 0.6) is 0 Å². The zero-order valence-corrected chi connectivity index (χ0v) is 13.7. The van der Waals surface area contributed by atoms with Crippen LogP contribution < -0.4 is 0 Å². The van der Waals surface area contributed by atoms with Gasteiger partial charge < -0.3 is 4.74 Å². The van der Waals surface area contributed by atoms with Crippen LogP contribution in [0.1, 0.15) is 69.9 Å². The molecule has 0 aliphatic carbocycles. The number of carbonyl (C=O) groups is 1. The second-order valence-corrected chi connectivity index (χ2v) is 5.64. The van der Waals surface area contributed by atoms with Gasteiger partial charge in [0.05, 0.1) is 6.61 Å². The van der Waals surface area contributed by atoms with Crippen LogP contribution in [0.15, 0.2) is 24.3 Å². The maximum Gasteiger partial charge on any atom is 0.305 e. The average molecular weight is 290 g/mol. The second-order valence-electron chi connectivity index (χ2n) is 5.64. The van der Waals surface area contributed by atoms with Gasteiger partial charge in [0.25, 0.3) is 0 Å². The minimum atomic E-state index is -0.0612. The Bertz CT molecular complexity index is 381. The van der Waals surface area contributed by atoms with Crippen molar-refractivity contribution in [3.05, 3.63) is 35.4 Å². The van der Waals surface area contributed by atoms with Crippen LogP contribution in [-0.2, 0) is 22.4 Å². The van der Waals surface area contributed by atoms with Crippen LogP contribution in [0.3, 0.4) is 0 Å². The van der Waals surface area contributed by atoms with Crippen LogP contribution >= 0.6 is 0 Å².